The minimum Gasteiger partial charge on any atom is -0.457 e. The number of nitrogens with zero attached hydrogens (tertiary/aromatic N) is 4. The first-order chi connectivity index (χ1) is 11.2. The van der Waals surface area contributed by atoms with Gasteiger partial charge in [-0.1, -0.05) is 18.2 Å². The molecule has 4 aromatic rings. The number of hydrogen-bond donors (Lipinski definition) is 1. The molecule has 0 aliphatic heterocycles. The van der Waals surface area contributed by atoms with Crippen molar-refractivity contribution < 1.29 is 9.52 Å². The van der Waals surface area contributed by atoms with Crippen molar-refractivity contribution in [2.75, 3.05) is 0 Å². The van der Waals surface area contributed by atoms with Crippen molar-refractivity contribution >= 4 is 10.9 Å². The van der Waals surface area contributed by atoms with Gasteiger partial charge >= 0.3 is 0 Å². The molecule has 0 radical (unpaired) electrons. The molecule has 0 unspecified atom stereocenters. The highest BCUT2D eigenvalue weighted by molar-refractivity contribution is 5.92. The van der Waals surface area contributed by atoms with E-state index < -0.39 is 0 Å². The van der Waals surface area contributed by atoms with E-state index in [4.69, 9.17) is 9.52 Å². The number of rotatable bonds is 4. The molecule has 0 aliphatic carbocycles. The zero-order valence-corrected chi connectivity index (χ0v) is 12.7. The molecule has 1 aromatic carbocycles. The van der Waals surface area contributed by atoms with Gasteiger partial charge in [0.05, 0.1) is 17.8 Å². The van der Waals surface area contributed by atoms with Crippen molar-refractivity contribution in [3.05, 3.63) is 60.1 Å². The summed E-state index contributed by atoms with van der Waals surface area (Å²) in [7, 11) is 1.90. The Kier molecular flexibility index (Phi) is 3.24. The second-order valence-electron chi connectivity index (χ2n) is 5.43. The fourth-order valence-corrected chi connectivity index (χ4v) is 2.72. The molecule has 0 bridgehead atoms. The van der Waals surface area contributed by atoms with E-state index in [1.165, 1.54) is 0 Å². The lowest BCUT2D eigenvalue weighted by molar-refractivity contribution is 0.248. The van der Waals surface area contributed by atoms with Crippen LogP contribution in [0.5, 0.6) is 0 Å². The molecule has 0 atom stereocenters. The molecule has 0 amide bonds. The maximum atomic E-state index is 9.18. The molecule has 3 aromatic heterocycles. The Bertz CT molecular complexity index is 964. The summed E-state index contributed by atoms with van der Waals surface area (Å²) in [5.41, 5.74) is 2.74. The van der Waals surface area contributed by atoms with Crippen molar-refractivity contribution in [1.82, 2.24) is 19.6 Å². The predicted molar refractivity (Wildman–Crippen MR) is 85.7 cm³/mol. The average molecular weight is 308 g/mol. The number of aliphatic hydroxyl groups excluding tert-OH is 1. The van der Waals surface area contributed by atoms with E-state index in [-0.39, 0.29) is 6.61 Å². The first kappa shape index (κ1) is 13.8. The van der Waals surface area contributed by atoms with Crippen LogP contribution < -0.4 is 0 Å². The number of aliphatic hydroxyl groups is 1. The Balaban J connectivity index is 1.82. The van der Waals surface area contributed by atoms with Crippen molar-refractivity contribution in [2.45, 2.75) is 13.2 Å². The summed E-state index contributed by atoms with van der Waals surface area (Å²) >= 11 is 0. The van der Waals surface area contributed by atoms with Gasteiger partial charge in [-0.3, -0.25) is 9.36 Å². The fraction of sp³-hybridized carbons (Fsp3) is 0.176. The monoisotopic (exact) mass is 308 g/mol. The highest BCUT2D eigenvalue weighted by Gasteiger charge is 2.15. The molecule has 4 rings (SSSR count). The summed E-state index contributed by atoms with van der Waals surface area (Å²) in [5, 5.41) is 19.3. The third-order valence-corrected chi connectivity index (χ3v) is 3.79. The number of aromatic nitrogens is 4. The van der Waals surface area contributed by atoms with Gasteiger partial charge in [-0.25, -0.2) is 0 Å². The van der Waals surface area contributed by atoms with E-state index in [0.29, 0.717) is 18.1 Å². The number of furan rings is 1. The van der Waals surface area contributed by atoms with Crippen LogP contribution in [-0.4, -0.2) is 24.7 Å². The maximum Gasteiger partial charge on any atom is 0.155 e. The van der Waals surface area contributed by atoms with Crippen LogP contribution in [0.4, 0.5) is 0 Å². The molecule has 0 saturated heterocycles. The molecular formula is C17H16N4O2. The summed E-state index contributed by atoms with van der Waals surface area (Å²) < 4.78 is 9.35. The molecule has 0 aliphatic rings. The molecular weight excluding hydrogens is 292 g/mol. The summed E-state index contributed by atoms with van der Waals surface area (Å²) in [6.45, 7) is 0.474. The van der Waals surface area contributed by atoms with E-state index in [1.54, 1.807) is 10.7 Å². The van der Waals surface area contributed by atoms with Crippen LogP contribution in [0.15, 0.2) is 53.1 Å². The molecule has 6 heteroatoms. The van der Waals surface area contributed by atoms with Gasteiger partial charge in [-0.2, -0.15) is 10.2 Å². The minimum absolute atomic E-state index is 0.118. The first-order valence-electron chi connectivity index (χ1n) is 7.38. The molecule has 6 nitrogen and oxygen atoms in total. The summed E-state index contributed by atoms with van der Waals surface area (Å²) in [4.78, 5) is 0. The fourth-order valence-electron chi connectivity index (χ4n) is 2.72. The van der Waals surface area contributed by atoms with E-state index in [2.05, 4.69) is 5.10 Å². The van der Waals surface area contributed by atoms with Gasteiger partial charge in [-0.15, -0.1) is 0 Å². The Morgan fingerprint density at radius 3 is 2.70 bits per heavy atom. The lowest BCUT2D eigenvalue weighted by atomic mass is 10.2. The third kappa shape index (κ3) is 2.43. The summed E-state index contributed by atoms with van der Waals surface area (Å²) in [5.74, 6) is 1.19. The van der Waals surface area contributed by atoms with Gasteiger partial charge in [0.15, 0.2) is 5.76 Å². The lowest BCUT2D eigenvalue weighted by Gasteiger charge is -2.00. The van der Waals surface area contributed by atoms with Crippen LogP contribution in [0.1, 0.15) is 11.5 Å². The largest absolute Gasteiger partial charge is 0.457 e. The SMILES string of the molecule is Cn1ccc(Cn2nc(-c3ccc(CO)o3)c3ccccc32)n1. The zero-order chi connectivity index (χ0) is 15.8. The average Bonchev–Trinajstić information content (AvgIpc) is 3.27. The molecule has 0 fully saturated rings. The lowest BCUT2D eigenvalue weighted by Crippen LogP contribution is -2.03. The molecule has 0 saturated carbocycles. The molecule has 23 heavy (non-hydrogen) atoms. The van der Waals surface area contributed by atoms with Gasteiger partial charge < -0.3 is 9.52 Å². The number of para-hydroxylation sites is 1. The second kappa shape index (κ2) is 5.40. The molecule has 0 spiro atoms. The van der Waals surface area contributed by atoms with Crippen LogP contribution in [0, 0.1) is 0 Å². The normalized spacial score (nSPS) is 11.4. The van der Waals surface area contributed by atoms with Crippen LogP contribution in [0.25, 0.3) is 22.4 Å². The van der Waals surface area contributed by atoms with Crippen LogP contribution in [-0.2, 0) is 20.2 Å². The van der Waals surface area contributed by atoms with Crippen LogP contribution >= 0.6 is 0 Å². The van der Waals surface area contributed by atoms with Crippen LogP contribution in [0.3, 0.4) is 0 Å². The predicted octanol–water partition coefficient (Wildman–Crippen LogP) is 2.57. The summed E-state index contributed by atoms with van der Waals surface area (Å²) in [6, 6.07) is 13.6. The van der Waals surface area contributed by atoms with Crippen molar-refractivity contribution in [3.8, 4) is 11.5 Å². The molecule has 3 heterocycles. The number of fused-ring (bicyclic) bond motifs is 1. The third-order valence-electron chi connectivity index (χ3n) is 3.79. The van der Waals surface area contributed by atoms with Crippen molar-refractivity contribution in [2.24, 2.45) is 7.05 Å². The quantitative estimate of drug-likeness (QED) is 0.629. The number of aryl methyl sites for hydroxylation is 1. The standard InChI is InChI=1S/C17H16N4O2/c1-20-9-8-12(18-20)10-21-15-5-3-2-4-14(15)17(19-21)16-7-6-13(11-22)23-16/h2-9,22H,10-11H2,1H3. The van der Waals surface area contributed by atoms with Crippen molar-refractivity contribution in [1.29, 1.82) is 0 Å². The first-order valence-corrected chi connectivity index (χ1v) is 7.38. The van der Waals surface area contributed by atoms with Crippen molar-refractivity contribution in [3.63, 3.8) is 0 Å². The maximum absolute atomic E-state index is 9.18. The van der Waals surface area contributed by atoms with Crippen LogP contribution in [0.2, 0.25) is 0 Å². The molecule has 1 N–H and O–H groups in total. The van der Waals surface area contributed by atoms with Gasteiger partial charge in [-0.05, 0) is 24.3 Å². The Labute approximate surface area is 132 Å². The topological polar surface area (TPSA) is 69.0 Å². The Hall–Kier alpha value is -2.86. The van der Waals surface area contributed by atoms with Gasteiger partial charge in [0.1, 0.15) is 18.1 Å². The van der Waals surface area contributed by atoms with Gasteiger partial charge in [0.2, 0.25) is 0 Å². The minimum atomic E-state index is -0.118. The summed E-state index contributed by atoms with van der Waals surface area (Å²) in [6.07, 6.45) is 1.92. The number of benzene rings is 1. The number of hydrogen-bond acceptors (Lipinski definition) is 4. The Morgan fingerprint density at radius 2 is 1.96 bits per heavy atom. The molecule has 116 valence electrons. The van der Waals surface area contributed by atoms with Gasteiger partial charge in [0, 0.05) is 18.6 Å². The Morgan fingerprint density at radius 1 is 1.09 bits per heavy atom. The highest BCUT2D eigenvalue weighted by Crippen LogP contribution is 2.29. The highest BCUT2D eigenvalue weighted by atomic mass is 16.4. The smallest absolute Gasteiger partial charge is 0.155 e. The van der Waals surface area contributed by atoms with Gasteiger partial charge in [0.25, 0.3) is 0 Å². The van der Waals surface area contributed by atoms with E-state index >= 15 is 0 Å². The second-order valence-corrected chi connectivity index (χ2v) is 5.43. The van der Waals surface area contributed by atoms with E-state index in [0.717, 1.165) is 22.3 Å². The van der Waals surface area contributed by atoms with E-state index in [1.807, 2.05) is 54.3 Å². The zero-order valence-electron chi connectivity index (χ0n) is 12.7. The van der Waals surface area contributed by atoms with E-state index in [9.17, 15) is 5.11 Å².